The number of fused-ring (bicyclic) bond motifs is 5. The summed E-state index contributed by atoms with van der Waals surface area (Å²) in [6.07, 6.45) is 9.90. The Morgan fingerprint density at radius 3 is 2.65 bits per heavy atom. The van der Waals surface area contributed by atoms with Gasteiger partial charge in [-0.2, -0.15) is 4.74 Å². The second kappa shape index (κ2) is 5.12. The van der Waals surface area contributed by atoms with Crippen LogP contribution in [-0.2, 0) is 0 Å². The number of nitrogens with zero attached hydrogens (tertiary/aromatic N) is 1. The van der Waals surface area contributed by atoms with Gasteiger partial charge in [0.1, 0.15) is 11.4 Å². The Hall–Kier alpha value is -2.29. The van der Waals surface area contributed by atoms with Gasteiger partial charge in [-0.3, -0.25) is 0 Å². The summed E-state index contributed by atoms with van der Waals surface area (Å²) in [4.78, 5) is 0. The number of hydrogen-bond donors (Lipinski definition) is 0. The van der Waals surface area contributed by atoms with E-state index in [4.69, 9.17) is 4.74 Å². The molecule has 0 radical (unpaired) electrons. The van der Waals surface area contributed by atoms with Gasteiger partial charge in [0.15, 0.2) is 0 Å². The number of benzene rings is 1. The van der Waals surface area contributed by atoms with Crippen molar-refractivity contribution in [2.45, 2.75) is 53.1 Å². The maximum absolute atomic E-state index is 13.3. The molecule has 0 N–H and O–H groups in total. The van der Waals surface area contributed by atoms with Crippen molar-refractivity contribution in [2.75, 3.05) is 0 Å². The van der Waals surface area contributed by atoms with Crippen LogP contribution in [0.3, 0.4) is 0 Å². The Balaban J connectivity index is 1.93. The number of ether oxygens (including phenoxy) is 1. The average Bonchev–Trinajstić information content (AvgIpc) is 2.78. The van der Waals surface area contributed by atoms with Crippen molar-refractivity contribution in [1.82, 2.24) is 0 Å². The summed E-state index contributed by atoms with van der Waals surface area (Å²) in [5.74, 6) is 0.772. The highest BCUT2D eigenvalue weighted by Gasteiger charge is 2.49. The molecule has 3 heteroatoms. The van der Waals surface area contributed by atoms with Crippen molar-refractivity contribution in [3.8, 4) is 5.75 Å². The molecule has 3 aliphatic rings. The van der Waals surface area contributed by atoms with Crippen molar-refractivity contribution in [1.29, 1.82) is 0 Å². The summed E-state index contributed by atoms with van der Waals surface area (Å²) in [6.45, 7) is 14.7. The normalized spacial score (nSPS) is 27.2. The molecule has 26 heavy (non-hydrogen) atoms. The number of allylic oxidation sites excluding steroid dienone is 2. The van der Waals surface area contributed by atoms with Crippen molar-refractivity contribution in [3.63, 3.8) is 0 Å². The standard InChI is InChI=1S/C23H27NO2/c1-7-11-23(6)12-10-16-18(26-23)9-8-15-17-13-21(2,3)14-22(4,5)20(17)24(25)19(15)16/h7-10,12-13H,1,11,14H2,2-6H3. The van der Waals surface area contributed by atoms with E-state index in [0.29, 0.717) is 0 Å². The number of hydrogen-bond acceptors (Lipinski definition) is 2. The van der Waals surface area contributed by atoms with E-state index in [-0.39, 0.29) is 10.8 Å². The zero-order valence-corrected chi connectivity index (χ0v) is 16.3. The van der Waals surface area contributed by atoms with Crippen LogP contribution in [0.15, 0.2) is 36.9 Å². The van der Waals surface area contributed by atoms with Crippen LogP contribution in [0.4, 0.5) is 5.69 Å². The molecule has 1 atom stereocenters. The number of rotatable bonds is 2. The Morgan fingerprint density at radius 2 is 1.96 bits per heavy atom. The van der Waals surface area contributed by atoms with E-state index < -0.39 is 5.60 Å². The van der Waals surface area contributed by atoms with E-state index in [1.165, 1.54) is 0 Å². The van der Waals surface area contributed by atoms with Crippen molar-refractivity contribution < 1.29 is 9.48 Å². The third-order valence-corrected chi connectivity index (χ3v) is 5.70. The lowest BCUT2D eigenvalue weighted by Gasteiger charge is -2.36. The summed E-state index contributed by atoms with van der Waals surface area (Å²) in [6, 6.07) is 4.05. The fraction of sp³-hybridized carbons (Fsp3) is 0.435. The first-order valence-electron chi connectivity index (χ1n) is 9.31. The van der Waals surface area contributed by atoms with Crippen LogP contribution < -0.4 is 4.74 Å². The molecular weight excluding hydrogens is 322 g/mol. The molecule has 0 fully saturated rings. The molecule has 2 heterocycles. The highest BCUT2D eigenvalue weighted by molar-refractivity contribution is 6.28. The zero-order valence-electron chi connectivity index (χ0n) is 16.3. The van der Waals surface area contributed by atoms with Crippen molar-refractivity contribution >= 4 is 23.0 Å². The molecule has 0 spiro atoms. The minimum absolute atomic E-state index is 0.0650. The smallest absolute Gasteiger partial charge is 0.235 e. The molecule has 0 aromatic heterocycles. The lowest BCUT2D eigenvalue weighted by molar-refractivity contribution is -0.361. The van der Waals surface area contributed by atoms with Crippen LogP contribution in [0.25, 0.3) is 11.6 Å². The lowest BCUT2D eigenvalue weighted by atomic mass is 9.65. The van der Waals surface area contributed by atoms with E-state index >= 15 is 0 Å². The molecule has 0 bridgehead atoms. The molecule has 0 amide bonds. The Kier molecular flexibility index (Phi) is 3.38. The van der Waals surface area contributed by atoms with Gasteiger partial charge >= 0.3 is 0 Å². The van der Waals surface area contributed by atoms with Crippen LogP contribution in [0.5, 0.6) is 5.75 Å². The largest absolute Gasteiger partial charge is 0.618 e. The topological polar surface area (TPSA) is 35.3 Å². The molecule has 3 nitrogen and oxygen atoms in total. The third kappa shape index (κ3) is 2.37. The van der Waals surface area contributed by atoms with E-state index in [1.807, 2.05) is 37.3 Å². The monoisotopic (exact) mass is 349 g/mol. The first-order chi connectivity index (χ1) is 12.1. The second-order valence-electron chi connectivity index (χ2n) is 9.36. The van der Waals surface area contributed by atoms with E-state index in [0.717, 1.165) is 51.4 Å². The van der Waals surface area contributed by atoms with E-state index in [1.54, 1.807) is 0 Å². The van der Waals surface area contributed by atoms with Crippen LogP contribution in [-0.4, -0.2) is 16.1 Å². The Bertz CT molecular complexity index is 914. The van der Waals surface area contributed by atoms with Gasteiger partial charge in [0.2, 0.25) is 11.4 Å². The van der Waals surface area contributed by atoms with Gasteiger partial charge in [0.05, 0.1) is 22.1 Å². The van der Waals surface area contributed by atoms with E-state index in [9.17, 15) is 5.21 Å². The van der Waals surface area contributed by atoms with Crippen LogP contribution in [0.2, 0.25) is 0 Å². The van der Waals surface area contributed by atoms with Gasteiger partial charge in [0.25, 0.3) is 0 Å². The molecule has 136 valence electrons. The predicted molar refractivity (Wildman–Crippen MR) is 108 cm³/mol. The van der Waals surface area contributed by atoms with Crippen LogP contribution in [0, 0.1) is 16.0 Å². The molecular formula is C23H27NO2. The summed E-state index contributed by atoms with van der Waals surface area (Å²) < 4.78 is 7.38. The molecule has 0 saturated carbocycles. The van der Waals surface area contributed by atoms with Crippen molar-refractivity contribution in [2.24, 2.45) is 10.8 Å². The van der Waals surface area contributed by atoms with Gasteiger partial charge in [0, 0.05) is 6.42 Å². The molecule has 0 saturated heterocycles. The van der Waals surface area contributed by atoms with Crippen molar-refractivity contribution in [3.05, 3.63) is 53.3 Å². The Morgan fingerprint density at radius 1 is 1.23 bits per heavy atom. The lowest BCUT2D eigenvalue weighted by Crippen LogP contribution is -2.36. The zero-order chi connectivity index (χ0) is 18.9. The maximum Gasteiger partial charge on any atom is 0.235 e. The van der Waals surface area contributed by atoms with Gasteiger partial charge in [-0.1, -0.05) is 26.0 Å². The average molecular weight is 349 g/mol. The molecule has 4 rings (SSSR count). The van der Waals surface area contributed by atoms with E-state index in [2.05, 4.69) is 40.3 Å². The minimum Gasteiger partial charge on any atom is -0.618 e. The Labute approximate surface area is 156 Å². The first kappa shape index (κ1) is 17.1. The van der Waals surface area contributed by atoms with Crippen LogP contribution in [0.1, 0.15) is 58.6 Å². The SMILES string of the molecule is C=CCC1(C)C=Cc2c(ccc3c2[N+]([O-])=C2C3=CC(C)(C)CC2(C)C)O1. The first-order valence-corrected chi connectivity index (χ1v) is 9.31. The summed E-state index contributed by atoms with van der Waals surface area (Å²) in [7, 11) is 0. The fourth-order valence-corrected chi connectivity index (χ4v) is 5.02. The second-order valence-corrected chi connectivity index (χ2v) is 9.36. The van der Waals surface area contributed by atoms with Gasteiger partial charge in [-0.15, -0.1) is 6.58 Å². The predicted octanol–water partition coefficient (Wildman–Crippen LogP) is 5.86. The van der Waals surface area contributed by atoms with Crippen LogP contribution >= 0.6 is 0 Å². The third-order valence-electron chi connectivity index (χ3n) is 5.70. The highest BCUT2D eigenvalue weighted by Crippen LogP contribution is 2.53. The minimum atomic E-state index is -0.407. The molecule has 1 unspecified atom stereocenters. The maximum atomic E-state index is 13.3. The summed E-state index contributed by atoms with van der Waals surface area (Å²) in [5.41, 5.74) is 4.10. The molecule has 2 aliphatic heterocycles. The van der Waals surface area contributed by atoms with Gasteiger partial charge in [-0.25, -0.2) is 0 Å². The van der Waals surface area contributed by atoms with Gasteiger partial charge in [-0.05, 0) is 56.9 Å². The van der Waals surface area contributed by atoms with Gasteiger partial charge < -0.3 is 9.94 Å². The highest BCUT2D eigenvalue weighted by atomic mass is 16.5. The molecule has 1 aromatic carbocycles. The summed E-state index contributed by atoms with van der Waals surface area (Å²) >= 11 is 0. The summed E-state index contributed by atoms with van der Waals surface area (Å²) in [5, 5.41) is 13.3. The molecule has 1 aliphatic carbocycles. The fourth-order valence-electron chi connectivity index (χ4n) is 5.02. The molecule has 1 aromatic rings. The quantitative estimate of drug-likeness (QED) is 0.381.